The quantitative estimate of drug-likeness (QED) is 0.259. The minimum absolute atomic E-state index is 0.135. The summed E-state index contributed by atoms with van der Waals surface area (Å²) in [6, 6.07) is 22.3. The molecule has 0 bridgehead atoms. The van der Waals surface area contributed by atoms with Gasteiger partial charge in [0.25, 0.3) is 20.0 Å². The van der Waals surface area contributed by atoms with E-state index in [0.717, 1.165) is 22.8 Å². The Labute approximate surface area is 231 Å². The molecule has 0 saturated carbocycles. The molecular weight excluding hydrogens is 550 g/mol. The molecule has 0 aliphatic rings. The normalized spacial score (nSPS) is 12.0. The molecule has 1 N–H and O–H groups in total. The molecule has 0 aliphatic heterocycles. The van der Waals surface area contributed by atoms with Gasteiger partial charge in [0.15, 0.2) is 11.3 Å². The van der Waals surface area contributed by atoms with Crippen molar-refractivity contribution in [2.75, 3.05) is 3.71 Å². The van der Waals surface area contributed by atoms with E-state index in [1.807, 2.05) is 19.1 Å². The fourth-order valence-electron chi connectivity index (χ4n) is 4.39. The summed E-state index contributed by atoms with van der Waals surface area (Å²) in [5.41, 5.74) is 1.86. The van der Waals surface area contributed by atoms with Gasteiger partial charge >= 0.3 is 5.63 Å². The molecule has 40 heavy (non-hydrogen) atoms. The Morgan fingerprint density at radius 3 is 1.73 bits per heavy atom. The Morgan fingerprint density at radius 2 is 1.20 bits per heavy atom. The number of hydrogen-bond acceptors (Lipinski definition) is 7. The summed E-state index contributed by atoms with van der Waals surface area (Å²) in [4.78, 5) is 12.3. The van der Waals surface area contributed by atoms with Gasteiger partial charge in [-0.25, -0.2) is 21.6 Å². The fraction of sp³-hybridized carbons (Fsp3) is 0.100. The van der Waals surface area contributed by atoms with Crippen molar-refractivity contribution in [2.24, 2.45) is 0 Å². The van der Waals surface area contributed by atoms with E-state index in [1.165, 1.54) is 36.4 Å². The first-order valence-electron chi connectivity index (χ1n) is 12.2. The number of benzene rings is 4. The van der Waals surface area contributed by atoms with Crippen LogP contribution in [-0.4, -0.2) is 21.9 Å². The lowest BCUT2D eigenvalue weighted by Crippen LogP contribution is -2.37. The standard InChI is InChI=1S/C30H25NO7S2/c1-19-8-12-24(13-9-19)39(34,35)31(40(36,37)25-14-10-20(2)11-15-25)23-16-22-17-27(26-7-5-4-6-21(26)3)30(33)38-29(22)28(32)18-23/h4-18,32H,1-3H3. The highest BCUT2D eigenvalue weighted by atomic mass is 32.3. The van der Waals surface area contributed by atoms with Gasteiger partial charge in [0.2, 0.25) is 0 Å². The van der Waals surface area contributed by atoms with Gasteiger partial charge in [0.05, 0.1) is 21.0 Å². The second kappa shape index (κ2) is 9.96. The van der Waals surface area contributed by atoms with E-state index < -0.39 is 31.4 Å². The number of nitrogens with zero attached hydrogens (tertiary/aromatic N) is 1. The molecule has 0 radical (unpaired) electrons. The van der Waals surface area contributed by atoms with E-state index in [-0.39, 0.29) is 32.0 Å². The van der Waals surface area contributed by atoms with Crippen LogP contribution in [0, 0.1) is 20.8 Å². The number of phenols is 1. The van der Waals surface area contributed by atoms with E-state index in [9.17, 15) is 26.7 Å². The summed E-state index contributed by atoms with van der Waals surface area (Å²) < 4.78 is 61.5. The lowest BCUT2D eigenvalue weighted by Gasteiger charge is -2.25. The van der Waals surface area contributed by atoms with Gasteiger partial charge in [0.1, 0.15) is 0 Å². The molecule has 0 unspecified atom stereocenters. The summed E-state index contributed by atoms with van der Waals surface area (Å²) in [5, 5.41) is 11.0. The van der Waals surface area contributed by atoms with Crippen LogP contribution in [0.1, 0.15) is 16.7 Å². The van der Waals surface area contributed by atoms with Crippen molar-refractivity contribution in [2.45, 2.75) is 30.6 Å². The number of hydrogen-bond donors (Lipinski definition) is 1. The van der Waals surface area contributed by atoms with Gasteiger partial charge in [-0.2, -0.15) is 3.71 Å². The van der Waals surface area contributed by atoms with Gasteiger partial charge in [-0.15, -0.1) is 0 Å². The van der Waals surface area contributed by atoms with Crippen LogP contribution in [0.15, 0.2) is 110 Å². The number of fused-ring (bicyclic) bond motifs is 1. The number of rotatable bonds is 6. The highest BCUT2D eigenvalue weighted by Crippen LogP contribution is 2.37. The van der Waals surface area contributed by atoms with Crippen LogP contribution in [0.25, 0.3) is 22.1 Å². The first-order chi connectivity index (χ1) is 18.9. The van der Waals surface area contributed by atoms with Crippen molar-refractivity contribution >= 4 is 36.7 Å². The van der Waals surface area contributed by atoms with Crippen molar-refractivity contribution in [3.05, 3.63) is 118 Å². The topological polar surface area (TPSA) is 122 Å². The largest absolute Gasteiger partial charge is 0.504 e. The van der Waals surface area contributed by atoms with Crippen LogP contribution in [0.5, 0.6) is 5.75 Å². The molecule has 1 aromatic heterocycles. The molecule has 0 fully saturated rings. The molecule has 0 amide bonds. The van der Waals surface area contributed by atoms with E-state index in [2.05, 4.69) is 0 Å². The highest BCUT2D eigenvalue weighted by molar-refractivity contribution is 8.10. The van der Waals surface area contributed by atoms with Gasteiger partial charge in [-0.3, -0.25) is 0 Å². The molecular formula is C30H25NO7S2. The molecule has 1 heterocycles. The van der Waals surface area contributed by atoms with Gasteiger partial charge in [0, 0.05) is 11.5 Å². The first kappa shape index (κ1) is 27.2. The summed E-state index contributed by atoms with van der Waals surface area (Å²) in [6.45, 7) is 5.37. The lowest BCUT2D eigenvalue weighted by molar-refractivity contribution is 0.458. The average molecular weight is 576 g/mol. The summed E-state index contributed by atoms with van der Waals surface area (Å²) in [5.74, 6) is -0.593. The zero-order valence-electron chi connectivity index (χ0n) is 21.8. The maximum atomic E-state index is 14.0. The third-order valence-corrected chi connectivity index (χ3v) is 10.7. The number of sulfonamides is 2. The monoisotopic (exact) mass is 575 g/mol. The van der Waals surface area contributed by atoms with Crippen LogP contribution in [-0.2, 0) is 20.0 Å². The zero-order chi connectivity index (χ0) is 28.8. The molecule has 0 spiro atoms. The molecule has 4 aromatic carbocycles. The Hall–Kier alpha value is -4.41. The van der Waals surface area contributed by atoms with Gasteiger partial charge in [-0.05, 0) is 68.3 Å². The van der Waals surface area contributed by atoms with E-state index in [4.69, 9.17) is 4.42 Å². The molecule has 0 atom stereocenters. The smallest absolute Gasteiger partial charge is 0.344 e. The van der Waals surface area contributed by atoms with Crippen molar-refractivity contribution < 1.29 is 26.4 Å². The van der Waals surface area contributed by atoms with Crippen LogP contribution < -0.4 is 9.34 Å². The van der Waals surface area contributed by atoms with Crippen LogP contribution in [0.2, 0.25) is 0 Å². The Morgan fingerprint density at radius 1 is 0.675 bits per heavy atom. The van der Waals surface area contributed by atoms with Crippen LogP contribution in [0.4, 0.5) is 5.69 Å². The number of aryl methyl sites for hydroxylation is 3. The van der Waals surface area contributed by atoms with Gasteiger partial charge in [-0.1, -0.05) is 59.7 Å². The fourth-order valence-corrected chi connectivity index (χ4v) is 8.05. The highest BCUT2D eigenvalue weighted by Gasteiger charge is 2.37. The maximum Gasteiger partial charge on any atom is 0.344 e. The Kier molecular flexibility index (Phi) is 6.77. The number of aromatic hydroxyl groups is 1. The first-order valence-corrected chi connectivity index (χ1v) is 15.1. The minimum atomic E-state index is -4.71. The molecule has 5 aromatic rings. The summed E-state index contributed by atoms with van der Waals surface area (Å²) in [7, 11) is -9.41. The third kappa shape index (κ3) is 4.76. The van der Waals surface area contributed by atoms with E-state index in [0.29, 0.717) is 9.27 Å². The number of phenolic OH excluding ortho intramolecular Hbond substituents is 1. The Bertz CT molecular complexity index is 1950. The SMILES string of the molecule is Cc1ccc(S(=O)(=O)N(c2cc(O)c3oc(=O)c(-c4ccccc4C)cc3c2)S(=O)(=O)c2ccc(C)cc2)cc1. The molecule has 5 rings (SSSR count). The lowest BCUT2D eigenvalue weighted by atomic mass is 10.0. The van der Waals surface area contributed by atoms with Gasteiger partial charge < -0.3 is 9.52 Å². The zero-order valence-corrected chi connectivity index (χ0v) is 23.5. The Balaban J connectivity index is 1.80. The van der Waals surface area contributed by atoms with Crippen molar-refractivity contribution in [1.29, 1.82) is 0 Å². The predicted molar refractivity (Wildman–Crippen MR) is 154 cm³/mol. The third-order valence-electron chi connectivity index (χ3n) is 6.52. The minimum Gasteiger partial charge on any atom is -0.504 e. The molecule has 8 nitrogen and oxygen atoms in total. The maximum absolute atomic E-state index is 14.0. The van der Waals surface area contributed by atoms with Crippen molar-refractivity contribution in [1.82, 2.24) is 0 Å². The summed E-state index contributed by atoms with van der Waals surface area (Å²) in [6.07, 6.45) is 0. The van der Waals surface area contributed by atoms with Crippen LogP contribution >= 0.6 is 0 Å². The van der Waals surface area contributed by atoms with Crippen molar-refractivity contribution in [3.8, 4) is 16.9 Å². The predicted octanol–water partition coefficient (Wildman–Crippen LogP) is 5.68. The molecule has 10 heteroatoms. The molecule has 0 saturated heterocycles. The average Bonchev–Trinajstić information content (AvgIpc) is 2.89. The second-order valence-electron chi connectivity index (χ2n) is 9.48. The van der Waals surface area contributed by atoms with E-state index >= 15 is 0 Å². The van der Waals surface area contributed by atoms with Crippen molar-refractivity contribution in [3.63, 3.8) is 0 Å². The number of anilines is 1. The second-order valence-corrected chi connectivity index (χ2v) is 13.3. The molecule has 0 aliphatic carbocycles. The molecule has 204 valence electrons. The summed E-state index contributed by atoms with van der Waals surface area (Å²) >= 11 is 0. The van der Waals surface area contributed by atoms with Crippen LogP contribution in [0.3, 0.4) is 0 Å². The van der Waals surface area contributed by atoms with E-state index in [1.54, 1.807) is 50.2 Å².